The van der Waals surface area contributed by atoms with Gasteiger partial charge in [0, 0.05) is 18.7 Å². The minimum absolute atomic E-state index is 0.556. The number of aromatic nitrogens is 2. The number of rotatable bonds is 5. The van der Waals surface area contributed by atoms with E-state index in [9.17, 15) is 0 Å². The Balaban J connectivity index is 1.91. The first-order chi connectivity index (χ1) is 9.19. The van der Waals surface area contributed by atoms with Crippen molar-refractivity contribution in [1.82, 2.24) is 9.97 Å². The number of anilines is 2. The molecule has 4 nitrogen and oxygen atoms in total. The zero-order valence-corrected chi connectivity index (χ0v) is 12.3. The van der Waals surface area contributed by atoms with Crippen molar-refractivity contribution < 1.29 is 0 Å². The molecular weight excluding hydrogens is 236 g/mol. The van der Waals surface area contributed by atoms with Gasteiger partial charge in [-0.05, 0) is 37.5 Å². The minimum Gasteiger partial charge on any atom is -0.370 e. The summed E-state index contributed by atoms with van der Waals surface area (Å²) in [5.74, 6) is 3.51. The smallest absolute Gasteiger partial charge is 0.131 e. The molecule has 3 atom stereocenters. The molecule has 1 aromatic heterocycles. The van der Waals surface area contributed by atoms with E-state index in [2.05, 4.69) is 41.4 Å². The molecular formula is C15H26N4. The molecule has 1 heterocycles. The summed E-state index contributed by atoms with van der Waals surface area (Å²) in [5, 5.41) is 6.85. The van der Waals surface area contributed by atoms with Crippen molar-refractivity contribution >= 4 is 11.6 Å². The van der Waals surface area contributed by atoms with E-state index in [1.54, 1.807) is 6.33 Å². The monoisotopic (exact) mass is 262 g/mol. The predicted molar refractivity (Wildman–Crippen MR) is 80.4 cm³/mol. The van der Waals surface area contributed by atoms with Gasteiger partial charge in [0.1, 0.15) is 18.0 Å². The highest BCUT2D eigenvalue weighted by molar-refractivity contribution is 5.46. The Morgan fingerprint density at radius 3 is 2.68 bits per heavy atom. The minimum atomic E-state index is 0.556. The van der Waals surface area contributed by atoms with Crippen molar-refractivity contribution in [3.8, 4) is 0 Å². The summed E-state index contributed by atoms with van der Waals surface area (Å²) >= 11 is 0. The highest BCUT2D eigenvalue weighted by Gasteiger charge is 2.24. The van der Waals surface area contributed by atoms with E-state index in [0.717, 1.165) is 36.4 Å². The first-order valence-corrected chi connectivity index (χ1v) is 7.51. The molecule has 1 fully saturated rings. The summed E-state index contributed by atoms with van der Waals surface area (Å²) < 4.78 is 0. The van der Waals surface area contributed by atoms with E-state index in [4.69, 9.17) is 0 Å². The molecule has 0 saturated heterocycles. The molecule has 0 amide bonds. The first kappa shape index (κ1) is 14.1. The van der Waals surface area contributed by atoms with Gasteiger partial charge in [0.15, 0.2) is 0 Å². The molecule has 1 saturated carbocycles. The summed E-state index contributed by atoms with van der Waals surface area (Å²) in [4.78, 5) is 8.56. The van der Waals surface area contributed by atoms with Crippen LogP contribution in [0.15, 0.2) is 12.4 Å². The van der Waals surface area contributed by atoms with E-state index in [1.807, 2.05) is 6.07 Å². The van der Waals surface area contributed by atoms with Crippen LogP contribution in [0.2, 0.25) is 0 Å². The highest BCUT2D eigenvalue weighted by Crippen LogP contribution is 2.30. The molecule has 3 unspecified atom stereocenters. The summed E-state index contributed by atoms with van der Waals surface area (Å²) in [6.07, 6.45) is 6.53. The molecule has 1 aromatic rings. The number of hydrogen-bond donors (Lipinski definition) is 2. The van der Waals surface area contributed by atoms with Crippen LogP contribution in [-0.2, 0) is 0 Å². The second-order valence-electron chi connectivity index (χ2n) is 5.82. The van der Waals surface area contributed by atoms with Gasteiger partial charge in [-0.1, -0.05) is 20.8 Å². The number of nitrogens with one attached hydrogen (secondary N) is 2. The SMILES string of the molecule is CCCNc1cc(NC2CCC(C)C(C)C2)ncn1. The number of nitrogens with zero attached hydrogens (tertiary/aromatic N) is 2. The summed E-state index contributed by atoms with van der Waals surface area (Å²) in [6, 6.07) is 2.57. The molecule has 2 rings (SSSR count). The summed E-state index contributed by atoms with van der Waals surface area (Å²) in [5.41, 5.74) is 0. The zero-order chi connectivity index (χ0) is 13.7. The maximum absolute atomic E-state index is 4.32. The Labute approximate surface area is 116 Å². The average molecular weight is 262 g/mol. The maximum Gasteiger partial charge on any atom is 0.131 e. The lowest BCUT2D eigenvalue weighted by molar-refractivity contribution is 0.260. The Morgan fingerprint density at radius 2 is 1.95 bits per heavy atom. The van der Waals surface area contributed by atoms with Crippen molar-refractivity contribution in [2.24, 2.45) is 11.8 Å². The van der Waals surface area contributed by atoms with Gasteiger partial charge in [0.25, 0.3) is 0 Å². The molecule has 1 aliphatic rings. The van der Waals surface area contributed by atoms with Gasteiger partial charge < -0.3 is 10.6 Å². The van der Waals surface area contributed by atoms with Crippen molar-refractivity contribution in [2.75, 3.05) is 17.2 Å². The van der Waals surface area contributed by atoms with Gasteiger partial charge in [-0.2, -0.15) is 0 Å². The normalized spacial score (nSPS) is 27.0. The quantitative estimate of drug-likeness (QED) is 0.852. The van der Waals surface area contributed by atoms with Crippen LogP contribution in [-0.4, -0.2) is 22.6 Å². The van der Waals surface area contributed by atoms with Crippen molar-refractivity contribution in [2.45, 2.75) is 52.5 Å². The van der Waals surface area contributed by atoms with Crippen LogP contribution in [0.3, 0.4) is 0 Å². The van der Waals surface area contributed by atoms with Gasteiger partial charge in [0.2, 0.25) is 0 Å². The van der Waals surface area contributed by atoms with Crippen LogP contribution in [0.4, 0.5) is 11.6 Å². The van der Waals surface area contributed by atoms with Gasteiger partial charge in [-0.3, -0.25) is 0 Å². The van der Waals surface area contributed by atoms with Gasteiger partial charge >= 0.3 is 0 Å². The van der Waals surface area contributed by atoms with Crippen LogP contribution in [0.25, 0.3) is 0 Å². The Bertz CT molecular complexity index is 393. The fourth-order valence-corrected chi connectivity index (χ4v) is 2.67. The lowest BCUT2D eigenvalue weighted by Gasteiger charge is -2.32. The van der Waals surface area contributed by atoms with Crippen LogP contribution in [0, 0.1) is 11.8 Å². The molecule has 0 spiro atoms. The van der Waals surface area contributed by atoms with Gasteiger partial charge in [-0.15, -0.1) is 0 Å². The van der Waals surface area contributed by atoms with Crippen molar-refractivity contribution in [3.05, 3.63) is 12.4 Å². The third-order valence-corrected chi connectivity index (χ3v) is 4.17. The fraction of sp³-hybridized carbons (Fsp3) is 0.733. The molecule has 0 aliphatic heterocycles. The molecule has 2 N–H and O–H groups in total. The molecule has 0 bridgehead atoms. The zero-order valence-electron chi connectivity index (χ0n) is 12.3. The standard InChI is InChI=1S/C15H26N4/c1-4-7-16-14-9-15(18-10-17-14)19-13-6-5-11(2)12(3)8-13/h9-13H,4-8H2,1-3H3,(H2,16,17,18,19). The molecule has 0 radical (unpaired) electrons. The largest absolute Gasteiger partial charge is 0.370 e. The van der Waals surface area contributed by atoms with Crippen LogP contribution >= 0.6 is 0 Å². The topological polar surface area (TPSA) is 49.8 Å². The Hall–Kier alpha value is -1.32. The molecule has 0 aromatic carbocycles. The second kappa shape index (κ2) is 6.73. The van der Waals surface area contributed by atoms with E-state index < -0.39 is 0 Å². The Morgan fingerprint density at radius 1 is 1.16 bits per heavy atom. The lowest BCUT2D eigenvalue weighted by Crippen LogP contribution is -2.30. The van der Waals surface area contributed by atoms with Gasteiger partial charge in [0.05, 0.1) is 0 Å². The molecule has 106 valence electrons. The van der Waals surface area contributed by atoms with Crippen molar-refractivity contribution in [3.63, 3.8) is 0 Å². The van der Waals surface area contributed by atoms with E-state index >= 15 is 0 Å². The van der Waals surface area contributed by atoms with E-state index in [0.29, 0.717) is 6.04 Å². The molecule has 4 heteroatoms. The summed E-state index contributed by atoms with van der Waals surface area (Å²) in [6.45, 7) is 7.82. The van der Waals surface area contributed by atoms with Crippen LogP contribution in [0.5, 0.6) is 0 Å². The fourth-order valence-electron chi connectivity index (χ4n) is 2.67. The van der Waals surface area contributed by atoms with Crippen LogP contribution < -0.4 is 10.6 Å². The third kappa shape index (κ3) is 4.08. The highest BCUT2D eigenvalue weighted by atomic mass is 15.1. The van der Waals surface area contributed by atoms with E-state index in [1.165, 1.54) is 19.3 Å². The lowest BCUT2D eigenvalue weighted by atomic mass is 9.79. The first-order valence-electron chi connectivity index (χ1n) is 7.51. The Kier molecular flexibility index (Phi) is 5.00. The molecule has 1 aliphatic carbocycles. The van der Waals surface area contributed by atoms with E-state index in [-0.39, 0.29) is 0 Å². The maximum atomic E-state index is 4.32. The number of hydrogen-bond acceptors (Lipinski definition) is 4. The predicted octanol–water partition coefficient (Wildman–Crippen LogP) is 3.54. The average Bonchev–Trinajstić information content (AvgIpc) is 2.41. The summed E-state index contributed by atoms with van der Waals surface area (Å²) in [7, 11) is 0. The second-order valence-corrected chi connectivity index (χ2v) is 5.82. The van der Waals surface area contributed by atoms with Crippen molar-refractivity contribution in [1.29, 1.82) is 0 Å². The van der Waals surface area contributed by atoms with Crippen LogP contribution in [0.1, 0.15) is 46.5 Å². The van der Waals surface area contributed by atoms with Gasteiger partial charge in [-0.25, -0.2) is 9.97 Å². The molecule has 19 heavy (non-hydrogen) atoms. The third-order valence-electron chi connectivity index (χ3n) is 4.17.